The summed E-state index contributed by atoms with van der Waals surface area (Å²) in [5.74, 6) is -0.207. The minimum absolute atomic E-state index is 0.0517. The number of carboxylic acids is 1. The number of rotatable bonds is 3. The van der Waals surface area contributed by atoms with Gasteiger partial charge >= 0.3 is 5.97 Å². The van der Waals surface area contributed by atoms with Crippen LogP contribution in [0.15, 0.2) is 0 Å². The van der Waals surface area contributed by atoms with Gasteiger partial charge in [0.15, 0.2) is 0 Å². The number of aliphatic hydroxyl groups is 2. The Balaban J connectivity index is 1.93. The molecule has 7 unspecified atom stereocenters. The SMILES string of the molecule is CC1(C(O)CO)CCC2C(C)(CCC3C(C)(C(=O)O)CCCC23C)O1. The van der Waals surface area contributed by atoms with E-state index in [4.69, 9.17) is 4.74 Å². The standard InChI is InChI=1S/C20H34O5/c1-17-8-5-9-18(2,16(23)24)13(17)6-10-19(3)14(17)7-11-20(4,25-19)15(22)12-21/h13-15,21-22H,5-12H2,1-4H3,(H,23,24). The Morgan fingerprint density at radius 1 is 1.08 bits per heavy atom. The summed E-state index contributed by atoms with van der Waals surface area (Å²) in [5.41, 5.74) is -1.80. The molecular formula is C20H34O5. The molecule has 2 aliphatic carbocycles. The second-order valence-corrected chi connectivity index (χ2v) is 9.69. The molecule has 1 aliphatic heterocycles. The van der Waals surface area contributed by atoms with Gasteiger partial charge in [0.05, 0.1) is 23.2 Å². The molecule has 0 bridgehead atoms. The lowest BCUT2D eigenvalue weighted by Gasteiger charge is -2.65. The van der Waals surface area contributed by atoms with Crippen LogP contribution in [-0.4, -0.2) is 45.2 Å². The monoisotopic (exact) mass is 354 g/mol. The molecule has 25 heavy (non-hydrogen) atoms. The molecule has 3 N–H and O–H groups in total. The molecule has 1 heterocycles. The predicted molar refractivity (Wildman–Crippen MR) is 94.1 cm³/mol. The average Bonchev–Trinajstić information content (AvgIpc) is 2.52. The Hall–Kier alpha value is -0.650. The summed E-state index contributed by atoms with van der Waals surface area (Å²) in [5, 5.41) is 29.6. The highest BCUT2D eigenvalue weighted by Gasteiger charge is 2.64. The Bertz CT molecular complexity index is 550. The van der Waals surface area contributed by atoms with Crippen LogP contribution in [0.25, 0.3) is 0 Å². The van der Waals surface area contributed by atoms with Gasteiger partial charge in [0.1, 0.15) is 6.10 Å². The minimum atomic E-state index is -0.883. The number of fused-ring (bicyclic) bond motifs is 3. The normalized spacial score (nSPS) is 51.3. The molecule has 5 nitrogen and oxygen atoms in total. The second kappa shape index (κ2) is 5.93. The van der Waals surface area contributed by atoms with Gasteiger partial charge in [-0.05, 0) is 76.5 Å². The van der Waals surface area contributed by atoms with Crippen molar-refractivity contribution in [3.63, 3.8) is 0 Å². The lowest BCUT2D eigenvalue weighted by atomic mass is 9.44. The fourth-order valence-corrected chi connectivity index (χ4v) is 6.74. The number of aliphatic hydroxyl groups excluding tert-OH is 2. The molecular weight excluding hydrogens is 320 g/mol. The molecule has 0 spiro atoms. The largest absolute Gasteiger partial charge is 0.481 e. The van der Waals surface area contributed by atoms with E-state index in [9.17, 15) is 20.1 Å². The maximum atomic E-state index is 12.1. The van der Waals surface area contributed by atoms with E-state index in [1.54, 1.807) is 0 Å². The third-order valence-corrected chi connectivity index (χ3v) is 8.20. The summed E-state index contributed by atoms with van der Waals surface area (Å²) in [6.45, 7) is 7.94. The smallest absolute Gasteiger partial charge is 0.309 e. The molecule has 0 amide bonds. The minimum Gasteiger partial charge on any atom is -0.481 e. The number of hydrogen-bond acceptors (Lipinski definition) is 4. The third kappa shape index (κ3) is 2.65. The molecule has 1 saturated heterocycles. The molecule has 0 radical (unpaired) electrons. The van der Waals surface area contributed by atoms with Gasteiger partial charge < -0.3 is 20.1 Å². The van der Waals surface area contributed by atoms with Gasteiger partial charge in [0, 0.05) is 0 Å². The van der Waals surface area contributed by atoms with Gasteiger partial charge in [0.25, 0.3) is 0 Å². The second-order valence-electron chi connectivity index (χ2n) is 9.69. The number of ether oxygens (including phenoxy) is 1. The number of carboxylic acid groups (broad SMARTS) is 1. The van der Waals surface area contributed by atoms with E-state index in [2.05, 4.69) is 13.8 Å². The van der Waals surface area contributed by atoms with E-state index in [-0.39, 0.29) is 29.5 Å². The van der Waals surface area contributed by atoms with Crippen LogP contribution < -0.4 is 0 Å². The van der Waals surface area contributed by atoms with Crippen molar-refractivity contribution in [2.24, 2.45) is 22.7 Å². The lowest BCUT2D eigenvalue weighted by molar-refractivity contribution is -0.288. The molecule has 3 aliphatic rings. The zero-order valence-corrected chi connectivity index (χ0v) is 16.0. The highest BCUT2D eigenvalue weighted by molar-refractivity contribution is 5.75. The fourth-order valence-electron chi connectivity index (χ4n) is 6.74. The number of aliphatic carboxylic acids is 1. The fraction of sp³-hybridized carbons (Fsp3) is 0.950. The van der Waals surface area contributed by atoms with Crippen LogP contribution in [0, 0.1) is 22.7 Å². The van der Waals surface area contributed by atoms with Gasteiger partial charge in [-0.3, -0.25) is 4.79 Å². The summed E-state index contributed by atoms with van der Waals surface area (Å²) in [7, 11) is 0. The maximum Gasteiger partial charge on any atom is 0.309 e. The first-order valence-corrected chi connectivity index (χ1v) is 9.74. The summed E-state index contributed by atoms with van der Waals surface area (Å²) < 4.78 is 6.50. The lowest BCUT2D eigenvalue weighted by Crippen LogP contribution is -2.65. The average molecular weight is 354 g/mol. The van der Waals surface area contributed by atoms with Crippen molar-refractivity contribution in [2.45, 2.75) is 89.9 Å². The molecule has 5 heteroatoms. The van der Waals surface area contributed by atoms with Crippen molar-refractivity contribution < 1.29 is 24.9 Å². The van der Waals surface area contributed by atoms with Gasteiger partial charge in [0.2, 0.25) is 0 Å². The summed E-state index contributed by atoms with van der Waals surface area (Å²) in [6, 6.07) is 0. The molecule has 0 aromatic heterocycles. The van der Waals surface area contributed by atoms with E-state index in [0.717, 1.165) is 38.5 Å². The van der Waals surface area contributed by atoms with E-state index in [1.165, 1.54) is 0 Å². The highest BCUT2D eigenvalue weighted by atomic mass is 16.5. The molecule has 144 valence electrons. The molecule has 3 rings (SSSR count). The van der Waals surface area contributed by atoms with E-state index in [1.807, 2.05) is 13.8 Å². The summed E-state index contributed by atoms with van der Waals surface area (Å²) >= 11 is 0. The van der Waals surface area contributed by atoms with Crippen LogP contribution in [0.5, 0.6) is 0 Å². The van der Waals surface area contributed by atoms with Crippen LogP contribution >= 0.6 is 0 Å². The first-order chi connectivity index (χ1) is 11.5. The number of hydrogen-bond donors (Lipinski definition) is 3. The molecule has 7 atom stereocenters. The van der Waals surface area contributed by atoms with Gasteiger partial charge in [-0.25, -0.2) is 0 Å². The van der Waals surface area contributed by atoms with E-state index in [0.29, 0.717) is 6.42 Å². The van der Waals surface area contributed by atoms with Crippen molar-refractivity contribution in [3.05, 3.63) is 0 Å². The quantitative estimate of drug-likeness (QED) is 0.725. The highest BCUT2D eigenvalue weighted by Crippen LogP contribution is 2.65. The van der Waals surface area contributed by atoms with E-state index >= 15 is 0 Å². The molecule has 0 aromatic carbocycles. The molecule has 0 aromatic rings. The third-order valence-electron chi connectivity index (χ3n) is 8.20. The topological polar surface area (TPSA) is 87.0 Å². The van der Waals surface area contributed by atoms with Crippen molar-refractivity contribution in [2.75, 3.05) is 6.61 Å². The zero-order chi connectivity index (χ0) is 18.7. The summed E-state index contributed by atoms with van der Waals surface area (Å²) in [6.07, 6.45) is 5.13. The van der Waals surface area contributed by atoms with E-state index < -0.39 is 23.1 Å². The van der Waals surface area contributed by atoms with Crippen molar-refractivity contribution >= 4 is 5.97 Å². The molecule has 3 fully saturated rings. The molecule has 2 saturated carbocycles. The van der Waals surface area contributed by atoms with Gasteiger partial charge in [-0.15, -0.1) is 0 Å². The Kier molecular flexibility index (Phi) is 4.54. The Morgan fingerprint density at radius 3 is 2.32 bits per heavy atom. The zero-order valence-electron chi connectivity index (χ0n) is 16.0. The van der Waals surface area contributed by atoms with Crippen LogP contribution in [0.4, 0.5) is 0 Å². The van der Waals surface area contributed by atoms with Crippen molar-refractivity contribution in [1.82, 2.24) is 0 Å². The van der Waals surface area contributed by atoms with Crippen LogP contribution in [-0.2, 0) is 9.53 Å². The Morgan fingerprint density at radius 2 is 1.72 bits per heavy atom. The first kappa shape index (κ1) is 19.1. The first-order valence-electron chi connectivity index (χ1n) is 9.74. The van der Waals surface area contributed by atoms with Crippen LogP contribution in [0.3, 0.4) is 0 Å². The van der Waals surface area contributed by atoms with Crippen molar-refractivity contribution in [3.8, 4) is 0 Å². The number of carbonyl (C=O) groups is 1. The van der Waals surface area contributed by atoms with Crippen molar-refractivity contribution in [1.29, 1.82) is 0 Å². The van der Waals surface area contributed by atoms with Gasteiger partial charge in [-0.2, -0.15) is 0 Å². The van der Waals surface area contributed by atoms with Gasteiger partial charge in [-0.1, -0.05) is 13.3 Å². The maximum absolute atomic E-state index is 12.1. The summed E-state index contributed by atoms with van der Waals surface area (Å²) in [4.78, 5) is 12.1. The Labute approximate surface area is 150 Å². The predicted octanol–water partition coefficient (Wildman–Crippen LogP) is 2.97. The van der Waals surface area contributed by atoms with Crippen LogP contribution in [0.2, 0.25) is 0 Å². The van der Waals surface area contributed by atoms with Crippen LogP contribution in [0.1, 0.15) is 72.6 Å².